The Morgan fingerprint density at radius 1 is 1.44 bits per heavy atom. The summed E-state index contributed by atoms with van der Waals surface area (Å²) >= 11 is 6.21. The van der Waals surface area contributed by atoms with E-state index < -0.39 is 0 Å². The average molecular weight is 147 g/mol. The first-order valence-corrected chi connectivity index (χ1v) is 4.11. The summed E-state index contributed by atoms with van der Waals surface area (Å²) in [4.78, 5) is 0.0966. The molecule has 1 saturated carbocycles. The minimum atomic E-state index is 0.0966. The summed E-state index contributed by atoms with van der Waals surface area (Å²) < 4.78 is 0. The highest BCUT2D eigenvalue weighted by molar-refractivity contribution is 6.24. The van der Waals surface area contributed by atoms with E-state index in [1.54, 1.807) is 0 Å². The van der Waals surface area contributed by atoms with E-state index in [-0.39, 0.29) is 4.87 Å². The van der Waals surface area contributed by atoms with Gasteiger partial charge in [0.15, 0.2) is 0 Å². The van der Waals surface area contributed by atoms with Gasteiger partial charge in [0.2, 0.25) is 0 Å². The summed E-state index contributed by atoms with van der Waals surface area (Å²) in [6, 6.07) is 0. The quantitative estimate of drug-likeness (QED) is 0.461. The van der Waals surface area contributed by atoms with E-state index in [1.807, 2.05) is 0 Å². The lowest BCUT2D eigenvalue weighted by atomic mass is 9.93. The molecule has 1 heteroatoms. The van der Waals surface area contributed by atoms with E-state index in [2.05, 4.69) is 20.8 Å². The molecule has 3 unspecified atom stereocenters. The molecule has 0 N–H and O–H groups in total. The highest BCUT2D eigenvalue weighted by Crippen LogP contribution is 2.43. The van der Waals surface area contributed by atoms with Crippen molar-refractivity contribution in [3.63, 3.8) is 0 Å². The van der Waals surface area contributed by atoms with E-state index in [0.29, 0.717) is 5.92 Å². The molecule has 0 aliphatic heterocycles. The smallest absolute Gasteiger partial charge is 0.0446 e. The third-order valence-electron chi connectivity index (χ3n) is 2.89. The van der Waals surface area contributed by atoms with Crippen LogP contribution in [0.4, 0.5) is 0 Å². The number of hydrogen-bond acceptors (Lipinski definition) is 0. The van der Waals surface area contributed by atoms with Gasteiger partial charge in [-0.2, -0.15) is 0 Å². The molecule has 0 spiro atoms. The molecule has 0 radical (unpaired) electrons. The van der Waals surface area contributed by atoms with E-state index in [9.17, 15) is 0 Å². The Morgan fingerprint density at radius 2 is 2.00 bits per heavy atom. The van der Waals surface area contributed by atoms with Gasteiger partial charge in [0.25, 0.3) is 0 Å². The van der Waals surface area contributed by atoms with Crippen molar-refractivity contribution >= 4 is 11.6 Å². The van der Waals surface area contributed by atoms with E-state index >= 15 is 0 Å². The summed E-state index contributed by atoms with van der Waals surface area (Å²) in [5.41, 5.74) is 0. The van der Waals surface area contributed by atoms with Gasteiger partial charge in [0.1, 0.15) is 0 Å². The lowest BCUT2D eigenvalue weighted by Gasteiger charge is -2.22. The second-order valence-corrected chi connectivity index (χ2v) is 4.45. The molecule has 9 heavy (non-hydrogen) atoms. The highest BCUT2D eigenvalue weighted by atomic mass is 35.5. The summed E-state index contributed by atoms with van der Waals surface area (Å²) in [5.74, 6) is 1.52. The maximum absolute atomic E-state index is 6.21. The van der Waals surface area contributed by atoms with Gasteiger partial charge in [-0.05, 0) is 31.6 Å². The number of rotatable bonds is 0. The lowest BCUT2D eigenvalue weighted by Crippen LogP contribution is -2.21. The van der Waals surface area contributed by atoms with Gasteiger partial charge in [-0.15, -0.1) is 11.6 Å². The molecule has 0 aromatic carbocycles. The first-order chi connectivity index (χ1) is 4.04. The van der Waals surface area contributed by atoms with Gasteiger partial charge < -0.3 is 0 Å². The summed E-state index contributed by atoms with van der Waals surface area (Å²) in [6.07, 6.45) is 2.50. The van der Waals surface area contributed by atoms with E-state index in [4.69, 9.17) is 11.6 Å². The molecule has 1 aliphatic carbocycles. The van der Waals surface area contributed by atoms with Crippen molar-refractivity contribution in [2.75, 3.05) is 0 Å². The Kier molecular flexibility index (Phi) is 1.77. The molecule has 0 bridgehead atoms. The second-order valence-electron chi connectivity index (χ2n) is 3.58. The maximum atomic E-state index is 6.21. The lowest BCUT2D eigenvalue weighted by molar-refractivity contribution is 0.403. The van der Waals surface area contributed by atoms with Crippen LogP contribution in [0.2, 0.25) is 0 Å². The van der Waals surface area contributed by atoms with Crippen LogP contribution in [0, 0.1) is 11.8 Å². The zero-order chi connectivity index (χ0) is 7.07. The largest absolute Gasteiger partial charge is 0.119 e. The third kappa shape index (κ3) is 1.24. The Labute approximate surface area is 62.6 Å². The predicted octanol–water partition coefficient (Wildman–Crippen LogP) is 3.05. The molecule has 1 rings (SSSR count). The Hall–Kier alpha value is 0.290. The second kappa shape index (κ2) is 2.16. The monoisotopic (exact) mass is 146 g/mol. The third-order valence-corrected chi connectivity index (χ3v) is 3.42. The Bertz CT molecular complexity index is 107. The molecular weight excluding hydrogens is 132 g/mol. The minimum Gasteiger partial charge on any atom is -0.119 e. The molecule has 1 fully saturated rings. The summed E-state index contributed by atoms with van der Waals surface area (Å²) in [5, 5.41) is 0. The SMILES string of the molecule is CC1CCC(C)(Cl)C1C. The molecule has 0 saturated heterocycles. The van der Waals surface area contributed by atoms with Crippen LogP contribution in [0.1, 0.15) is 33.6 Å². The molecule has 54 valence electrons. The summed E-state index contributed by atoms with van der Waals surface area (Å²) in [6.45, 7) is 6.70. The molecule has 0 heterocycles. The minimum absolute atomic E-state index is 0.0966. The Balaban J connectivity index is 2.62. The van der Waals surface area contributed by atoms with Crippen LogP contribution >= 0.6 is 11.6 Å². The van der Waals surface area contributed by atoms with Crippen molar-refractivity contribution in [2.45, 2.75) is 38.5 Å². The first-order valence-electron chi connectivity index (χ1n) is 3.73. The maximum Gasteiger partial charge on any atom is 0.0446 e. The van der Waals surface area contributed by atoms with Crippen LogP contribution in [0.3, 0.4) is 0 Å². The van der Waals surface area contributed by atoms with Gasteiger partial charge in [-0.25, -0.2) is 0 Å². The molecule has 0 aromatic heterocycles. The van der Waals surface area contributed by atoms with E-state index in [1.165, 1.54) is 12.8 Å². The topological polar surface area (TPSA) is 0 Å². The number of alkyl halides is 1. The van der Waals surface area contributed by atoms with Gasteiger partial charge >= 0.3 is 0 Å². The highest BCUT2D eigenvalue weighted by Gasteiger charge is 2.38. The van der Waals surface area contributed by atoms with Crippen molar-refractivity contribution in [2.24, 2.45) is 11.8 Å². The van der Waals surface area contributed by atoms with Crippen molar-refractivity contribution < 1.29 is 0 Å². The average Bonchev–Trinajstić information content (AvgIpc) is 1.97. The summed E-state index contributed by atoms with van der Waals surface area (Å²) in [7, 11) is 0. The normalized spacial score (nSPS) is 52.0. The van der Waals surface area contributed by atoms with Gasteiger partial charge in [0.05, 0.1) is 0 Å². The molecule has 3 atom stereocenters. The standard InChI is InChI=1S/C8H15Cl/c1-6-4-5-8(3,9)7(6)2/h6-7H,4-5H2,1-3H3. The number of hydrogen-bond donors (Lipinski definition) is 0. The fourth-order valence-corrected chi connectivity index (χ4v) is 1.90. The van der Waals surface area contributed by atoms with E-state index in [0.717, 1.165) is 5.92 Å². The van der Waals surface area contributed by atoms with Crippen LogP contribution in [0.5, 0.6) is 0 Å². The fraction of sp³-hybridized carbons (Fsp3) is 1.00. The number of halogens is 1. The fourth-order valence-electron chi connectivity index (χ4n) is 1.58. The molecule has 0 aromatic rings. The Morgan fingerprint density at radius 3 is 2.11 bits per heavy atom. The van der Waals surface area contributed by atoms with Gasteiger partial charge in [-0.1, -0.05) is 13.8 Å². The molecule has 0 amide bonds. The van der Waals surface area contributed by atoms with Crippen LogP contribution < -0.4 is 0 Å². The van der Waals surface area contributed by atoms with Crippen molar-refractivity contribution in [3.8, 4) is 0 Å². The predicted molar refractivity (Wildman–Crippen MR) is 41.8 cm³/mol. The first kappa shape index (κ1) is 7.40. The van der Waals surface area contributed by atoms with Crippen molar-refractivity contribution in [1.29, 1.82) is 0 Å². The van der Waals surface area contributed by atoms with Crippen molar-refractivity contribution in [3.05, 3.63) is 0 Å². The molecule has 0 nitrogen and oxygen atoms in total. The van der Waals surface area contributed by atoms with Crippen molar-refractivity contribution in [1.82, 2.24) is 0 Å². The van der Waals surface area contributed by atoms with Gasteiger partial charge in [-0.3, -0.25) is 0 Å². The zero-order valence-corrected chi connectivity index (χ0v) is 7.20. The molecule has 1 aliphatic rings. The van der Waals surface area contributed by atoms with Crippen LogP contribution in [-0.2, 0) is 0 Å². The van der Waals surface area contributed by atoms with Gasteiger partial charge in [0, 0.05) is 4.87 Å². The van der Waals surface area contributed by atoms with Crippen LogP contribution in [-0.4, -0.2) is 4.87 Å². The zero-order valence-electron chi connectivity index (χ0n) is 6.45. The van der Waals surface area contributed by atoms with Crippen LogP contribution in [0.25, 0.3) is 0 Å². The molecular formula is C8H15Cl. The van der Waals surface area contributed by atoms with Crippen LogP contribution in [0.15, 0.2) is 0 Å².